The number of nitrogens with one attached hydrogen (secondary N) is 1. The topological polar surface area (TPSA) is 55.6 Å². The molecule has 0 aliphatic carbocycles. The van der Waals surface area contributed by atoms with Crippen LogP contribution in [0, 0.1) is 0 Å². The van der Waals surface area contributed by atoms with Crippen molar-refractivity contribution in [1.82, 2.24) is 25.1 Å². The number of hydrogen-bond donors (Lipinski definition) is 1. The van der Waals surface area contributed by atoms with Gasteiger partial charge in [0, 0.05) is 31.7 Å². The van der Waals surface area contributed by atoms with Crippen LogP contribution in [0.3, 0.4) is 0 Å². The molecular weight excluding hydrogens is 250 g/mol. The van der Waals surface area contributed by atoms with Crippen molar-refractivity contribution < 1.29 is 0 Å². The van der Waals surface area contributed by atoms with Gasteiger partial charge in [-0.2, -0.15) is 5.10 Å². The van der Waals surface area contributed by atoms with Crippen molar-refractivity contribution in [2.24, 2.45) is 0 Å². The average Bonchev–Trinajstić information content (AvgIpc) is 3.03. The van der Waals surface area contributed by atoms with Crippen LogP contribution in [0.25, 0.3) is 5.69 Å². The van der Waals surface area contributed by atoms with E-state index in [1.807, 2.05) is 23.0 Å². The molecule has 3 aromatic rings. The highest BCUT2D eigenvalue weighted by atomic mass is 15.3. The van der Waals surface area contributed by atoms with Crippen molar-refractivity contribution in [2.75, 3.05) is 0 Å². The van der Waals surface area contributed by atoms with E-state index < -0.39 is 0 Å². The van der Waals surface area contributed by atoms with Crippen molar-refractivity contribution in [3.63, 3.8) is 0 Å². The van der Waals surface area contributed by atoms with Crippen LogP contribution in [-0.2, 0) is 13.1 Å². The predicted molar refractivity (Wildman–Crippen MR) is 76.1 cm³/mol. The number of rotatable bonds is 5. The maximum Gasteiger partial charge on any atom is 0.115 e. The Hall–Kier alpha value is -2.53. The molecule has 0 unspecified atom stereocenters. The van der Waals surface area contributed by atoms with Crippen molar-refractivity contribution in [1.29, 1.82) is 0 Å². The van der Waals surface area contributed by atoms with Gasteiger partial charge in [0.2, 0.25) is 0 Å². The van der Waals surface area contributed by atoms with E-state index in [2.05, 4.69) is 44.6 Å². The third-order valence-electron chi connectivity index (χ3n) is 2.98. The van der Waals surface area contributed by atoms with Gasteiger partial charge in [-0.3, -0.25) is 0 Å². The highest BCUT2D eigenvalue weighted by Crippen LogP contribution is 2.08. The molecule has 0 saturated carbocycles. The maximum absolute atomic E-state index is 4.20. The molecule has 2 aromatic heterocycles. The van der Waals surface area contributed by atoms with Gasteiger partial charge in [-0.15, -0.1) is 0 Å². The molecule has 0 spiro atoms. The normalized spacial score (nSPS) is 10.6. The molecule has 0 fully saturated rings. The van der Waals surface area contributed by atoms with Crippen LogP contribution < -0.4 is 5.32 Å². The fraction of sp³-hybridized carbons (Fsp3) is 0.133. The molecule has 0 atom stereocenters. The zero-order valence-electron chi connectivity index (χ0n) is 11.0. The van der Waals surface area contributed by atoms with Crippen LogP contribution in [0.4, 0.5) is 0 Å². The first kappa shape index (κ1) is 12.5. The van der Waals surface area contributed by atoms with Gasteiger partial charge in [-0.05, 0) is 29.8 Å². The quantitative estimate of drug-likeness (QED) is 0.766. The molecule has 0 aliphatic heterocycles. The zero-order valence-corrected chi connectivity index (χ0v) is 11.0. The molecule has 0 bridgehead atoms. The summed E-state index contributed by atoms with van der Waals surface area (Å²) in [6, 6.07) is 12.2. The minimum absolute atomic E-state index is 0.740. The van der Waals surface area contributed by atoms with Gasteiger partial charge >= 0.3 is 0 Å². The minimum atomic E-state index is 0.740. The lowest BCUT2D eigenvalue weighted by molar-refractivity contribution is 0.677. The fourth-order valence-electron chi connectivity index (χ4n) is 1.95. The maximum atomic E-state index is 4.20. The Morgan fingerprint density at radius 1 is 1.00 bits per heavy atom. The highest BCUT2D eigenvalue weighted by molar-refractivity contribution is 5.33. The lowest BCUT2D eigenvalue weighted by Crippen LogP contribution is -2.13. The summed E-state index contributed by atoms with van der Waals surface area (Å²) in [5.74, 6) is 0. The van der Waals surface area contributed by atoms with E-state index >= 15 is 0 Å². The third-order valence-corrected chi connectivity index (χ3v) is 2.98. The van der Waals surface area contributed by atoms with Crippen LogP contribution in [-0.4, -0.2) is 19.7 Å². The molecule has 100 valence electrons. The van der Waals surface area contributed by atoms with Gasteiger partial charge in [0.1, 0.15) is 6.33 Å². The molecular formula is C15H15N5. The summed E-state index contributed by atoms with van der Waals surface area (Å²) in [5.41, 5.74) is 3.29. The third kappa shape index (κ3) is 3.07. The first-order valence-corrected chi connectivity index (χ1v) is 6.46. The number of benzene rings is 1. The van der Waals surface area contributed by atoms with E-state index in [1.165, 1.54) is 5.56 Å². The van der Waals surface area contributed by atoms with Crippen LogP contribution in [0.5, 0.6) is 0 Å². The van der Waals surface area contributed by atoms with Crippen molar-refractivity contribution in [2.45, 2.75) is 13.1 Å². The van der Waals surface area contributed by atoms with Gasteiger partial charge in [0.15, 0.2) is 0 Å². The Morgan fingerprint density at radius 3 is 2.60 bits per heavy atom. The highest BCUT2D eigenvalue weighted by Gasteiger charge is 1.98. The molecule has 5 nitrogen and oxygen atoms in total. The zero-order chi connectivity index (χ0) is 13.6. The van der Waals surface area contributed by atoms with E-state index in [0.29, 0.717) is 0 Å². The lowest BCUT2D eigenvalue weighted by atomic mass is 10.2. The summed E-state index contributed by atoms with van der Waals surface area (Å²) in [6.07, 6.45) is 7.03. The lowest BCUT2D eigenvalue weighted by Gasteiger charge is -2.06. The van der Waals surface area contributed by atoms with Crippen LogP contribution >= 0.6 is 0 Å². The van der Waals surface area contributed by atoms with Crippen molar-refractivity contribution in [3.8, 4) is 5.69 Å². The van der Waals surface area contributed by atoms with E-state index in [0.717, 1.165) is 24.5 Å². The summed E-state index contributed by atoms with van der Waals surface area (Å²) < 4.78 is 1.85. The first-order valence-electron chi connectivity index (χ1n) is 6.46. The largest absolute Gasteiger partial charge is 0.307 e. The Labute approximate surface area is 117 Å². The summed E-state index contributed by atoms with van der Waals surface area (Å²) in [5, 5.41) is 7.56. The molecule has 3 rings (SSSR count). The van der Waals surface area contributed by atoms with Crippen molar-refractivity contribution >= 4 is 0 Å². The van der Waals surface area contributed by atoms with Gasteiger partial charge in [0.05, 0.1) is 11.4 Å². The molecule has 0 radical (unpaired) electrons. The molecule has 5 heteroatoms. The molecule has 20 heavy (non-hydrogen) atoms. The summed E-state index contributed by atoms with van der Waals surface area (Å²) >= 11 is 0. The smallest absolute Gasteiger partial charge is 0.115 e. The predicted octanol–water partition coefficient (Wildman–Crippen LogP) is 1.95. The molecule has 0 amide bonds. The second-order valence-corrected chi connectivity index (χ2v) is 4.42. The van der Waals surface area contributed by atoms with E-state index in [-0.39, 0.29) is 0 Å². The molecule has 1 aromatic carbocycles. The van der Waals surface area contributed by atoms with Crippen molar-refractivity contribution in [3.05, 3.63) is 72.6 Å². The molecule has 0 saturated heterocycles. The average molecular weight is 265 g/mol. The second-order valence-electron chi connectivity index (χ2n) is 4.42. The standard InChI is InChI=1S/C15H15N5/c1-7-19-20(9-1)15-4-2-13(3-5-15)10-17-11-14-6-8-16-12-18-14/h1-9,12,17H,10-11H2. The van der Waals surface area contributed by atoms with Gasteiger partial charge < -0.3 is 5.32 Å². The Bertz CT molecular complexity index is 632. The molecule has 1 N–H and O–H groups in total. The molecule has 0 aliphatic rings. The Kier molecular flexibility index (Phi) is 3.80. The molecule has 2 heterocycles. The van der Waals surface area contributed by atoms with E-state index in [9.17, 15) is 0 Å². The van der Waals surface area contributed by atoms with Gasteiger partial charge in [-0.25, -0.2) is 14.6 Å². The first-order chi connectivity index (χ1) is 9.92. The SMILES string of the molecule is c1cnn(-c2ccc(CNCc3ccncn3)cc2)c1. The monoisotopic (exact) mass is 265 g/mol. The van der Waals surface area contributed by atoms with Crippen LogP contribution in [0.1, 0.15) is 11.3 Å². The Balaban J connectivity index is 1.56. The summed E-state index contributed by atoms with van der Waals surface area (Å²) in [4.78, 5) is 8.07. The van der Waals surface area contributed by atoms with Gasteiger partial charge in [0.25, 0.3) is 0 Å². The van der Waals surface area contributed by atoms with Gasteiger partial charge in [-0.1, -0.05) is 12.1 Å². The number of aromatic nitrogens is 4. The second kappa shape index (κ2) is 6.08. The van der Waals surface area contributed by atoms with E-state index in [4.69, 9.17) is 0 Å². The van der Waals surface area contributed by atoms with Crippen LogP contribution in [0.2, 0.25) is 0 Å². The summed E-state index contributed by atoms with van der Waals surface area (Å²) in [6.45, 7) is 1.55. The summed E-state index contributed by atoms with van der Waals surface area (Å²) in [7, 11) is 0. The fourth-order valence-corrected chi connectivity index (χ4v) is 1.95. The van der Waals surface area contributed by atoms with Crippen LogP contribution in [0.15, 0.2) is 61.3 Å². The number of hydrogen-bond acceptors (Lipinski definition) is 4. The van der Waals surface area contributed by atoms with E-state index in [1.54, 1.807) is 18.7 Å². The minimum Gasteiger partial charge on any atom is -0.307 e. The Morgan fingerprint density at radius 2 is 1.90 bits per heavy atom. The number of nitrogens with zero attached hydrogens (tertiary/aromatic N) is 4.